The van der Waals surface area contributed by atoms with Crippen molar-refractivity contribution in [2.45, 2.75) is 44.8 Å². The van der Waals surface area contributed by atoms with Gasteiger partial charge in [-0.2, -0.15) is 41.4 Å². The topological polar surface area (TPSA) is 42.3 Å². The smallest absolute Gasteiger partial charge is 0.668 e. The summed E-state index contributed by atoms with van der Waals surface area (Å²) in [6.45, 7) is 7.45. The molecular formula is C15H37HfN3Si. The third kappa shape index (κ3) is 13.9. The van der Waals surface area contributed by atoms with Gasteiger partial charge < -0.3 is 23.4 Å². The normalized spacial score (nSPS) is 20.4. The van der Waals surface area contributed by atoms with Crippen LogP contribution in [0.5, 0.6) is 0 Å². The van der Waals surface area contributed by atoms with Crippen LogP contribution in [0.1, 0.15) is 26.2 Å². The molecule has 0 aromatic heterocycles. The molecule has 5 heteroatoms. The molecule has 0 heterocycles. The van der Waals surface area contributed by atoms with E-state index in [0.717, 1.165) is 11.5 Å². The van der Waals surface area contributed by atoms with E-state index in [1.54, 1.807) is 28.2 Å². The molecule has 1 unspecified atom stereocenters. The molecule has 0 saturated heterocycles. The van der Waals surface area contributed by atoms with Gasteiger partial charge in [0.25, 0.3) is 0 Å². The van der Waals surface area contributed by atoms with Crippen LogP contribution in [0, 0.1) is 13.3 Å². The number of nitrogens with zero attached hydrogens (tertiary/aromatic N) is 3. The first-order valence-electron chi connectivity index (χ1n) is 6.92. The van der Waals surface area contributed by atoms with E-state index >= 15 is 0 Å². The molecule has 0 bridgehead atoms. The molecule has 1 aliphatic carbocycles. The van der Waals surface area contributed by atoms with Crippen LogP contribution in [0.3, 0.4) is 0 Å². The molecule has 20 heavy (non-hydrogen) atoms. The van der Waals surface area contributed by atoms with Crippen LogP contribution in [0.2, 0.25) is 18.6 Å². The predicted octanol–water partition coefficient (Wildman–Crippen LogP) is 5.11. The molecule has 120 valence electrons. The largest absolute Gasteiger partial charge is 4.00 e. The van der Waals surface area contributed by atoms with Gasteiger partial charge >= 0.3 is 25.8 Å². The molecule has 1 aliphatic rings. The second kappa shape index (κ2) is 18.0. The van der Waals surface area contributed by atoms with Crippen LogP contribution >= 0.6 is 0 Å². The van der Waals surface area contributed by atoms with Crippen molar-refractivity contribution < 1.29 is 25.8 Å². The quantitative estimate of drug-likeness (QED) is 0.410. The summed E-state index contributed by atoms with van der Waals surface area (Å²) in [6, 6.07) is 0. The monoisotopic (exact) mass is 467 g/mol. The van der Waals surface area contributed by atoms with Gasteiger partial charge in [0.05, 0.1) is 0 Å². The average Bonchev–Trinajstić information content (AvgIpc) is 2.67. The van der Waals surface area contributed by atoms with Gasteiger partial charge in [0.15, 0.2) is 0 Å². The fourth-order valence-electron chi connectivity index (χ4n) is 2.83. The Balaban J connectivity index is -0.000000139. The second-order valence-electron chi connectivity index (χ2n) is 5.87. The van der Waals surface area contributed by atoms with E-state index < -0.39 is 8.07 Å². The van der Waals surface area contributed by atoms with Gasteiger partial charge in [0.2, 0.25) is 0 Å². The zero-order valence-electron chi connectivity index (χ0n) is 15.3. The van der Waals surface area contributed by atoms with Gasteiger partial charge in [-0.15, -0.1) is 0 Å². The van der Waals surface area contributed by atoms with Crippen molar-refractivity contribution in [2.75, 3.05) is 41.4 Å². The summed E-state index contributed by atoms with van der Waals surface area (Å²) in [4.78, 5) is 0. The Morgan fingerprint density at radius 1 is 0.950 bits per heavy atom. The first-order valence-corrected chi connectivity index (χ1v) is 10.2. The van der Waals surface area contributed by atoms with Crippen LogP contribution in [0.15, 0.2) is 0 Å². The van der Waals surface area contributed by atoms with Crippen LogP contribution in [0.25, 0.3) is 16.0 Å². The van der Waals surface area contributed by atoms with Crippen molar-refractivity contribution in [3.63, 3.8) is 0 Å². The maximum absolute atomic E-state index is 4.35. The Labute approximate surface area is 149 Å². The second-order valence-corrected chi connectivity index (χ2v) is 10.9. The van der Waals surface area contributed by atoms with Gasteiger partial charge in [-0.05, 0) is 11.5 Å². The summed E-state index contributed by atoms with van der Waals surface area (Å²) in [5.41, 5.74) is 1.04. The van der Waals surface area contributed by atoms with Crippen molar-refractivity contribution in [3.05, 3.63) is 23.4 Å². The molecule has 0 aromatic rings. The molecule has 1 fully saturated rings. The van der Waals surface area contributed by atoms with Crippen molar-refractivity contribution >= 4 is 8.07 Å². The van der Waals surface area contributed by atoms with Gasteiger partial charge in [0.1, 0.15) is 0 Å². The number of hydrogen-bond acceptors (Lipinski definition) is 0. The van der Waals surface area contributed by atoms with E-state index in [4.69, 9.17) is 0 Å². The van der Waals surface area contributed by atoms with Crippen LogP contribution in [-0.2, 0) is 25.8 Å². The minimum atomic E-state index is -1.00. The summed E-state index contributed by atoms with van der Waals surface area (Å²) >= 11 is 0. The summed E-state index contributed by atoms with van der Waals surface area (Å²) in [7, 11) is 7.97. The summed E-state index contributed by atoms with van der Waals surface area (Å²) in [5, 5.41) is 11.3. The first kappa shape index (κ1) is 29.0. The minimum absolute atomic E-state index is 0. The molecule has 0 aromatic carbocycles. The van der Waals surface area contributed by atoms with Gasteiger partial charge in [-0.25, -0.2) is 0 Å². The summed E-state index contributed by atoms with van der Waals surface area (Å²) in [6.07, 6.45) is 5.58. The zero-order chi connectivity index (χ0) is 14.6. The molecule has 1 rings (SSSR count). The third-order valence-electron chi connectivity index (χ3n) is 3.43. The molecule has 0 aliphatic heterocycles. The standard InChI is InChI=1S/C10H22NSi.2C2H6N.CH3.Hf/c1-9-6-5-7-10(9)12(3,4)8-11-2;2*1-3-2;;/h9-10H,5-8H2,1-4H3;2*1-2H3;1H3;/q4*-1;+4/t9-,10?;;;;/m0..../s1. The maximum atomic E-state index is 4.35. The van der Waals surface area contributed by atoms with E-state index in [9.17, 15) is 0 Å². The fourth-order valence-corrected chi connectivity index (χ4v) is 6.57. The molecule has 0 radical (unpaired) electrons. The fraction of sp³-hybridized carbons (Fsp3) is 0.933. The van der Waals surface area contributed by atoms with Gasteiger partial charge in [-0.3, -0.25) is 0 Å². The molecule has 3 nitrogen and oxygen atoms in total. The Morgan fingerprint density at radius 3 is 1.60 bits per heavy atom. The Bertz CT molecular complexity index is 179. The molecule has 0 N–H and O–H groups in total. The molecular weight excluding hydrogens is 429 g/mol. The summed E-state index contributed by atoms with van der Waals surface area (Å²) in [5.74, 6) is 0.980. The van der Waals surface area contributed by atoms with Crippen LogP contribution < -0.4 is 0 Å². The van der Waals surface area contributed by atoms with E-state index in [1.165, 1.54) is 25.4 Å². The van der Waals surface area contributed by atoms with Gasteiger partial charge in [-0.1, -0.05) is 39.3 Å². The first-order chi connectivity index (χ1) is 8.40. The SMILES string of the molecule is C[N-]C.C[N-]C.C[N-]C[Si](C)(C)C1CCC[C@@H]1C.[CH3-].[Hf+4]. The van der Waals surface area contributed by atoms with E-state index in [2.05, 4.69) is 36.0 Å². The van der Waals surface area contributed by atoms with E-state index in [1.807, 2.05) is 7.05 Å². The Kier molecular flexibility index (Phi) is 26.2. The molecule has 0 spiro atoms. The van der Waals surface area contributed by atoms with E-state index in [-0.39, 0.29) is 33.3 Å². The van der Waals surface area contributed by atoms with Crippen LogP contribution in [0.4, 0.5) is 0 Å². The average molecular weight is 466 g/mol. The Morgan fingerprint density at radius 2 is 1.35 bits per heavy atom. The molecule has 1 saturated carbocycles. The molecule has 2 atom stereocenters. The van der Waals surface area contributed by atoms with Gasteiger partial charge in [0, 0.05) is 8.07 Å². The van der Waals surface area contributed by atoms with Crippen molar-refractivity contribution in [1.29, 1.82) is 0 Å². The summed E-state index contributed by atoms with van der Waals surface area (Å²) < 4.78 is 0. The Hall–Kier alpha value is 0.967. The predicted molar refractivity (Wildman–Crippen MR) is 95.2 cm³/mol. The third-order valence-corrected chi connectivity index (χ3v) is 7.43. The maximum Gasteiger partial charge on any atom is 4.00 e. The minimum Gasteiger partial charge on any atom is -0.668 e. The van der Waals surface area contributed by atoms with Crippen molar-refractivity contribution in [3.8, 4) is 0 Å². The van der Waals surface area contributed by atoms with Crippen LogP contribution in [-0.4, -0.2) is 49.5 Å². The van der Waals surface area contributed by atoms with Crippen molar-refractivity contribution in [1.82, 2.24) is 0 Å². The van der Waals surface area contributed by atoms with Crippen molar-refractivity contribution in [2.24, 2.45) is 5.92 Å². The number of hydrogen-bond donors (Lipinski definition) is 0. The number of rotatable bonds is 3. The molecule has 0 amide bonds. The van der Waals surface area contributed by atoms with E-state index in [0.29, 0.717) is 0 Å². The zero-order valence-corrected chi connectivity index (χ0v) is 19.9.